The summed E-state index contributed by atoms with van der Waals surface area (Å²) in [5, 5.41) is 13.1. The van der Waals surface area contributed by atoms with Gasteiger partial charge in [-0.3, -0.25) is 4.98 Å². The van der Waals surface area contributed by atoms with Crippen molar-refractivity contribution in [2.75, 3.05) is 0 Å². The summed E-state index contributed by atoms with van der Waals surface area (Å²) in [5.74, 6) is 0.271. The maximum absolute atomic E-state index is 15.0. The van der Waals surface area contributed by atoms with Gasteiger partial charge in [-0.05, 0) is 49.7 Å². The second-order valence-electron chi connectivity index (χ2n) is 8.43. The number of benzene rings is 2. The molecule has 182 valence electrons. The van der Waals surface area contributed by atoms with E-state index in [1.807, 2.05) is 55.5 Å². The molecule has 0 aliphatic carbocycles. The largest absolute Gasteiger partial charge is 0.307 e. The van der Waals surface area contributed by atoms with Crippen LogP contribution >= 0.6 is 0 Å². The van der Waals surface area contributed by atoms with E-state index in [-0.39, 0.29) is 16.6 Å². The number of pyridine rings is 1. The molecule has 3 N–H and O–H groups in total. The van der Waals surface area contributed by atoms with Gasteiger partial charge < -0.3 is 5.32 Å². The first-order chi connectivity index (χ1) is 16.7. The van der Waals surface area contributed by atoms with Crippen molar-refractivity contribution < 1.29 is 12.8 Å². The third-order valence-corrected chi connectivity index (χ3v) is 6.38. The van der Waals surface area contributed by atoms with Gasteiger partial charge in [0.2, 0.25) is 10.0 Å². The predicted octanol–water partition coefficient (Wildman–Crippen LogP) is 3.07. The molecular formula is C25H27FN6O2S. The fraction of sp³-hybridized carbons (Fsp3) is 0.240. The van der Waals surface area contributed by atoms with E-state index in [0.29, 0.717) is 24.6 Å². The summed E-state index contributed by atoms with van der Waals surface area (Å²) < 4.78 is 39.6. The smallest absolute Gasteiger partial charge is 0.238 e. The lowest BCUT2D eigenvalue weighted by atomic mass is 10.1. The van der Waals surface area contributed by atoms with Crippen LogP contribution in [-0.2, 0) is 29.4 Å². The topological polar surface area (TPSA) is 116 Å². The zero-order valence-electron chi connectivity index (χ0n) is 19.5. The Kier molecular flexibility index (Phi) is 7.34. The SMILES string of the molecule is Cc1cccc(CC(C)NCc2nc(Cc3ccccc3)n(-c3ccc(S(N)(=O)=O)cc3F)n2)n1. The first-order valence-electron chi connectivity index (χ1n) is 11.2. The summed E-state index contributed by atoms with van der Waals surface area (Å²) in [6.07, 6.45) is 1.16. The minimum Gasteiger partial charge on any atom is -0.307 e. The molecule has 4 rings (SSSR count). The van der Waals surface area contributed by atoms with Crippen LogP contribution in [0.5, 0.6) is 0 Å². The molecule has 2 aromatic carbocycles. The lowest BCUT2D eigenvalue weighted by molar-refractivity contribution is 0.527. The Hall–Kier alpha value is -3.47. The van der Waals surface area contributed by atoms with Crippen LogP contribution in [0.4, 0.5) is 4.39 Å². The Labute approximate surface area is 204 Å². The van der Waals surface area contributed by atoms with Gasteiger partial charge in [-0.25, -0.2) is 27.6 Å². The maximum atomic E-state index is 15.0. The molecule has 0 saturated carbocycles. The zero-order chi connectivity index (χ0) is 25.0. The molecule has 8 nitrogen and oxygen atoms in total. The van der Waals surface area contributed by atoms with Crippen LogP contribution in [0.15, 0.2) is 71.6 Å². The number of rotatable bonds is 9. The van der Waals surface area contributed by atoms with E-state index in [4.69, 9.17) is 5.14 Å². The second-order valence-corrected chi connectivity index (χ2v) is 9.99. The highest BCUT2D eigenvalue weighted by Gasteiger charge is 2.18. The monoisotopic (exact) mass is 494 g/mol. The van der Waals surface area contributed by atoms with E-state index in [1.54, 1.807) is 0 Å². The Morgan fingerprint density at radius 2 is 1.83 bits per heavy atom. The van der Waals surface area contributed by atoms with Crippen LogP contribution < -0.4 is 10.5 Å². The molecule has 0 aliphatic rings. The molecule has 0 saturated heterocycles. The number of hydrogen-bond acceptors (Lipinski definition) is 6. The molecular weight excluding hydrogens is 467 g/mol. The fourth-order valence-electron chi connectivity index (χ4n) is 3.75. The molecule has 0 amide bonds. The van der Waals surface area contributed by atoms with Crippen LogP contribution in [-0.4, -0.2) is 34.2 Å². The van der Waals surface area contributed by atoms with Crippen LogP contribution in [0.2, 0.25) is 0 Å². The summed E-state index contributed by atoms with van der Waals surface area (Å²) in [6, 6.07) is 19.2. The maximum Gasteiger partial charge on any atom is 0.238 e. The third-order valence-electron chi connectivity index (χ3n) is 5.47. The molecule has 0 radical (unpaired) electrons. The minimum atomic E-state index is -4.02. The normalized spacial score (nSPS) is 12.6. The van der Waals surface area contributed by atoms with E-state index in [1.165, 1.54) is 16.8 Å². The predicted molar refractivity (Wildman–Crippen MR) is 131 cm³/mol. The molecule has 1 atom stereocenters. The van der Waals surface area contributed by atoms with Crippen LogP contribution in [0, 0.1) is 12.7 Å². The van der Waals surface area contributed by atoms with E-state index in [9.17, 15) is 12.8 Å². The number of aryl methyl sites for hydroxylation is 1. The molecule has 4 aromatic rings. The number of nitrogens with two attached hydrogens (primary N) is 1. The van der Waals surface area contributed by atoms with Crippen molar-refractivity contribution in [3.63, 3.8) is 0 Å². The number of nitrogens with zero attached hydrogens (tertiary/aromatic N) is 4. The zero-order valence-corrected chi connectivity index (χ0v) is 20.3. The van der Waals surface area contributed by atoms with Crippen LogP contribution in [0.25, 0.3) is 5.69 Å². The first kappa shape index (κ1) is 24.6. The van der Waals surface area contributed by atoms with Crippen molar-refractivity contribution in [1.82, 2.24) is 25.1 Å². The molecule has 1 unspecified atom stereocenters. The number of halogens is 1. The summed E-state index contributed by atoms with van der Waals surface area (Å²) in [7, 11) is -4.02. The van der Waals surface area contributed by atoms with E-state index >= 15 is 0 Å². The summed E-state index contributed by atoms with van der Waals surface area (Å²) in [6.45, 7) is 4.39. The van der Waals surface area contributed by atoms with Crippen molar-refractivity contribution in [3.05, 3.63) is 101 Å². The molecule has 10 heteroatoms. The molecule has 0 fully saturated rings. The Balaban J connectivity index is 1.59. The van der Waals surface area contributed by atoms with Crippen molar-refractivity contribution in [3.8, 4) is 5.69 Å². The van der Waals surface area contributed by atoms with Gasteiger partial charge in [0.1, 0.15) is 17.3 Å². The molecule has 0 bridgehead atoms. The highest BCUT2D eigenvalue weighted by Crippen LogP contribution is 2.20. The van der Waals surface area contributed by atoms with Gasteiger partial charge in [0.05, 0.1) is 11.4 Å². The molecule has 0 spiro atoms. The Morgan fingerprint density at radius 1 is 1.06 bits per heavy atom. The summed E-state index contributed by atoms with van der Waals surface area (Å²) in [4.78, 5) is 8.89. The lowest BCUT2D eigenvalue weighted by Gasteiger charge is -2.12. The minimum absolute atomic E-state index is 0.0964. The van der Waals surface area contributed by atoms with Crippen molar-refractivity contribution in [2.45, 2.75) is 44.2 Å². The first-order valence-corrected chi connectivity index (χ1v) is 12.7. The quantitative estimate of drug-likeness (QED) is 0.369. The van der Waals surface area contributed by atoms with Crippen molar-refractivity contribution in [2.24, 2.45) is 5.14 Å². The number of hydrogen-bond donors (Lipinski definition) is 2. The van der Waals surface area contributed by atoms with E-state index < -0.39 is 15.8 Å². The molecule has 35 heavy (non-hydrogen) atoms. The van der Waals surface area contributed by atoms with Crippen LogP contribution in [0.3, 0.4) is 0 Å². The molecule has 0 aliphatic heterocycles. The van der Waals surface area contributed by atoms with Gasteiger partial charge in [0, 0.05) is 30.3 Å². The van der Waals surface area contributed by atoms with Gasteiger partial charge in [-0.1, -0.05) is 36.4 Å². The van der Waals surface area contributed by atoms with Gasteiger partial charge in [0.25, 0.3) is 0 Å². The third kappa shape index (κ3) is 6.36. The van der Waals surface area contributed by atoms with Crippen LogP contribution in [0.1, 0.15) is 35.5 Å². The number of aromatic nitrogens is 4. The molecule has 2 aromatic heterocycles. The Bertz CT molecular complexity index is 1420. The fourth-order valence-corrected chi connectivity index (χ4v) is 4.28. The number of nitrogens with one attached hydrogen (secondary N) is 1. The average molecular weight is 495 g/mol. The van der Waals surface area contributed by atoms with Gasteiger partial charge in [-0.15, -0.1) is 5.10 Å². The highest BCUT2D eigenvalue weighted by atomic mass is 32.2. The summed E-state index contributed by atoms with van der Waals surface area (Å²) >= 11 is 0. The summed E-state index contributed by atoms with van der Waals surface area (Å²) in [5.41, 5.74) is 3.04. The standard InChI is InChI=1S/C25H27FN6O2S/c1-17-7-6-10-20(29-17)13-18(2)28-16-24-30-25(14-19-8-4-3-5-9-19)32(31-24)23-12-11-21(15-22(23)26)35(27,33)34/h3-12,15,18,28H,13-14,16H2,1-2H3,(H2,27,33,34). The Morgan fingerprint density at radius 3 is 2.51 bits per heavy atom. The highest BCUT2D eigenvalue weighted by molar-refractivity contribution is 7.89. The number of sulfonamides is 1. The van der Waals surface area contributed by atoms with Gasteiger partial charge >= 0.3 is 0 Å². The van der Waals surface area contributed by atoms with Crippen molar-refractivity contribution in [1.29, 1.82) is 0 Å². The lowest BCUT2D eigenvalue weighted by Crippen LogP contribution is -2.28. The number of primary sulfonamides is 1. The average Bonchev–Trinajstić information content (AvgIpc) is 3.20. The van der Waals surface area contributed by atoms with Gasteiger partial charge in [-0.2, -0.15) is 0 Å². The second kappa shape index (κ2) is 10.4. The molecule has 2 heterocycles. The van der Waals surface area contributed by atoms with E-state index in [0.717, 1.165) is 29.4 Å². The van der Waals surface area contributed by atoms with E-state index in [2.05, 4.69) is 27.3 Å². The van der Waals surface area contributed by atoms with Gasteiger partial charge in [0.15, 0.2) is 5.82 Å². The van der Waals surface area contributed by atoms with Crippen molar-refractivity contribution >= 4 is 10.0 Å².